The van der Waals surface area contributed by atoms with E-state index in [9.17, 15) is 18.5 Å². The van der Waals surface area contributed by atoms with Crippen molar-refractivity contribution in [1.29, 1.82) is 0 Å². The summed E-state index contributed by atoms with van der Waals surface area (Å²) in [5.74, 6) is 0. The van der Waals surface area contributed by atoms with Gasteiger partial charge in [-0.2, -0.15) is 0 Å². The zero-order chi connectivity index (χ0) is 15.6. The first-order chi connectivity index (χ1) is 9.81. The van der Waals surface area contributed by atoms with Crippen LogP contribution in [0.1, 0.15) is 0 Å². The summed E-state index contributed by atoms with van der Waals surface area (Å²) in [6.07, 6.45) is 0. The highest BCUT2D eigenvalue weighted by molar-refractivity contribution is 14.1. The van der Waals surface area contributed by atoms with E-state index in [-0.39, 0.29) is 5.69 Å². The number of hydrogen-bond acceptors (Lipinski definition) is 5. The first-order valence-corrected chi connectivity index (χ1v) is 8.19. The van der Waals surface area contributed by atoms with Crippen molar-refractivity contribution >= 4 is 49.7 Å². The van der Waals surface area contributed by atoms with Gasteiger partial charge in [0.1, 0.15) is 5.69 Å². The highest BCUT2D eigenvalue weighted by Crippen LogP contribution is 2.30. The topological polar surface area (TPSA) is 115 Å². The Hall–Kier alpha value is -1.88. The van der Waals surface area contributed by atoms with Gasteiger partial charge in [0.15, 0.2) is 4.90 Å². The average molecular weight is 419 g/mol. The van der Waals surface area contributed by atoms with Gasteiger partial charge in [-0.25, -0.2) is 8.42 Å². The fourth-order valence-corrected chi connectivity index (χ4v) is 3.30. The van der Waals surface area contributed by atoms with Crippen molar-refractivity contribution in [1.82, 2.24) is 0 Å². The van der Waals surface area contributed by atoms with Crippen molar-refractivity contribution in [3.05, 3.63) is 56.1 Å². The van der Waals surface area contributed by atoms with Gasteiger partial charge in [0.05, 0.1) is 4.92 Å². The van der Waals surface area contributed by atoms with Crippen molar-refractivity contribution in [2.24, 2.45) is 0 Å². The smallest absolute Gasteiger partial charge is 0.312 e. The maximum atomic E-state index is 12.3. The second-order valence-electron chi connectivity index (χ2n) is 4.06. The molecule has 2 aromatic rings. The molecule has 0 fully saturated rings. The third-order valence-corrected chi connectivity index (χ3v) is 4.73. The van der Waals surface area contributed by atoms with Gasteiger partial charge >= 0.3 is 5.69 Å². The number of nitrogen functional groups attached to an aromatic ring is 1. The lowest BCUT2D eigenvalue weighted by Gasteiger charge is -2.09. The van der Waals surface area contributed by atoms with Crippen molar-refractivity contribution in [2.75, 3.05) is 10.5 Å². The van der Waals surface area contributed by atoms with Crippen LogP contribution in [-0.2, 0) is 10.0 Å². The Morgan fingerprint density at radius 1 is 1.14 bits per heavy atom. The number of halogens is 1. The normalized spacial score (nSPS) is 11.1. The third-order valence-electron chi connectivity index (χ3n) is 2.60. The second kappa shape index (κ2) is 5.85. The molecule has 0 aliphatic carbocycles. The Balaban J connectivity index is 2.47. The van der Waals surface area contributed by atoms with Crippen LogP contribution in [0.4, 0.5) is 17.1 Å². The summed E-state index contributed by atoms with van der Waals surface area (Å²) in [6, 6.07) is 10.3. The third kappa shape index (κ3) is 3.42. The highest BCUT2D eigenvalue weighted by atomic mass is 127. The Kier molecular flexibility index (Phi) is 4.32. The quantitative estimate of drug-likeness (QED) is 0.342. The Morgan fingerprint density at radius 2 is 1.76 bits per heavy atom. The molecule has 9 heteroatoms. The largest absolute Gasteiger partial charge is 0.393 e. The molecule has 0 unspecified atom stereocenters. The monoisotopic (exact) mass is 419 g/mol. The molecule has 7 nitrogen and oxygen atoms in total. The molecular weight excluding hydrogens is 409 g/mol. The van der Waals surface area contributed by atoms with E-state index in [0.717, 1.165) is 9.64 Å². The summed E-state index contributed by atoms with van der Waals surface area (Å²) in [5.41, 5.74) is 4.98. The van der Waals surface area contributed by atoms with Crippen LogP contribution in [0.15, 0.2) is 47.4 Å². The fourth-order valence-electron chi connectivity index (χ4n) is 1.68. The molecule has 0 spiro atoms. The number of nitrogens with zero attached hydrogens (tertiary/aromatic N) is 1. The molecule has 2 aromatic carbocycles. The van der Waals surface area contributed by atoms with Crippen LogP contribution in [0.2, 0.25) is 0 Å². The number of para-hydroxylation sites is 1. The SMILES string of the molecule is Nc1cccc(S(=O)(=O)Nc2ccc(I)cc2)c1[N+](=O)[O-]. The molecule has 0 saturated heterocycles. The molecule has 0 heterocycles. The lowest BCUT2D eigenvalue weighted by molar-refractivity contribution is -0.386. The molecule has 0 bridgehead atoms. The Labute approximate surface area is 134 Å². The van der Waals surface area contributed by atoms with E-state index in [4.69, 9.17) is 5.73 Å². The van der Waals surface area contributed by atoms with Crippen molar-refractivity contribution < 1.29 is 13.3 Å². The summed E-state index contributed by atoms with van der Waals surface area (Å²) in [7, 11) is -4.10. The predicted molar refractivity (Wildman–Crippen MR) is 87.5 cm³/mol. The summed E-state index contributed by atoms with van der Waals surface area (Å²) in [5, 5.41) is 11.0. The molecule has 0 aliphatic rings. The zero-order valence-corrected chi connectivity index (χ0v) is 13.5. The van der Waals surface area contributed by atoms with E-state index in [0.29, 0.717) is 5.69 Å². The van der Waals surface area contributed by atoms with Crippen LogP contribution < -0.4 is 10.5 Å². The van der Waals surface area contributed by atoms with Gasteiger partial charge in [-0.05, 0) is 59.0 Å². The average Bonchev–Trinajstić information content (AvgIpc) is 2.40. The molecule has 0 aromatic heterocycles. The van der Waals surface area contributed by atoms with Gasteiger partial charge in [-0.3, -0.25) is 14.8 Å². The van der Waals surface area contributed by atoms with Gasteiger partial charge in [0, 0.05) is 9.26 Å². The van der Waals surface area contributed by atoms with E-state index in [1.165, 1.54) is 12.1 Å². The molecule has 110 valence electrons. The van der Waals surface area contributed by atoms with Gasteiger partial charge in [-0.15, -0.1) is 0 Å². The first-order valence-electron chi connectivity index (χ1n) is 5.62. The van der Waals surface area contributed by atoms with Gasteiger partial charge < -0.3 is 5.73 Å². The molecule has 0 aliphatic heterocycles. The number of nitro groups is 1. The van der Waals surface area contributed by atoms with E-state index in [1.807, 2.05) is 0 Å². The lowest BCUT2D eigenvalue weighted by atomic mass is 10.3. The molecular formula is C12H10IN3O4S. The summed E-state index contributed by atoms with van der Waals surface area (Å²) in [6.45, 7) is 0. The summed E-state index contributed by atoms with van der Waals surface area (Å²) < 4.78 is 27.8. The molecule has 3 N–H and O–H groups in total. The fraction of sp³-hybridized carbons (Fsp3) is 0. The molecule has 0 saturated carbocycles. The molecule has 2 rings (SSSR count). The molecule has 21 heavy (non-hydrogen) atoms. The van der Waals surface area contributed by atoms with Crippen LogP contribution in [-0.4, -0.2) is 13.3 Å². The van der Waals surface area contributed by atoms with Crippen molar-refractivity contribution in [3.8, 4) is 0 Å². The maximum Gasteiger partial charge on any atom is 0.312 e. The molecule has 0 radical (unpaired) electrons. The van der Waals surface area contributed by atoms with E-state index < -0.39 is 25.5 Å². The van der Waals surface area contributed by atoms with Crippen LogP contribution in [0.3, 0.4) is 0 Å². The van der Waals surface area contributed by atoms with E-state index in [2.05, 4.69) is 27.3 Å². The Bertz CT molecular complexity index is 791. The Morgan fingerprint density at radius 3 is 2.33 bits per heavy atom. The number of rotatable bonds is 4. The van der Waals surface area contributed by atoms with Crippen LogP contribution >= 0.6 is 22.6 Å². The number of nitrogens with one attached hydrogen (secondary N) is 1. The summed E-state index contributed by atoms with van der Waals surface area (Å²) >= 11 is 2.08. The van der Waals surface area contributed by atoms with Crippen LogP contribution in [0.5, 0.6) is 0 Å². The predicted octanol–water partition coefficient (Wildman–Crippen LogP) is 2.58. The number of anilines is 2. The van der Waals surface area contributed by atoms with E-state index in [1.54, 1.807) is 24.3 Å². The minimum Gasteiger partial charge on any atom is -0.393 e. The lowest BCUT2D eigenvalue weighted by Crippen LogP contribution is -2.15. The van der Waals surface area contributed by atoms with Gasteiger partial charge in [-0.1, -0.05) is 6.07 Å². The number of sulfonamides is 1. The molecule has 0 atom stereocenters. The number of nitrogens with two attached hydrogens (primary N) is 1. The number of benzene rings is 2. The van der Waals surface area contributed by atoms with Crippen LogP contribution in [0.25, 0.3) is 0 Å². The minimum absolute atomic E-state index is 0.203. The van der Waals surface area contributed by atoms with Crippen molar-refractivity contribution in [2.45, 2.75) is 4.90 Å². The van der Waals surface area contributed by atoms with Gasteiger partial charge in [0.25, 0.3) is 10.0 Å². The van der Waals surface area contributed by atoms with Crippen molar-refractivity contribution in [3.63, 3.8) is 0 Å². The maximum absolute atomic E-state index is 12.3. The van der Waals surface area contributed by atoms with Crippen LogP contribution in [0, 0.1) is 13.7 Å². The van der Waals surface area contributed by atoms with E-state index >= 15 is 0 Å². The first kappa shape index (κ1) is 15.5. The molecule has 0 amide bonds. The standard InChI is InChI=1S/C12H10IN3O4S/c13-8-4-6-9(7-5-8)15-21(19,20)11-3-1-2-10(14)12(11)16(17)18/h1-7,15H,14H2. The zero-order valence-electron chi connectivity index (χ0n) is 10.5. The summed E-state index contributed by atoms with van der Waals surface area (Å²) in [4.78, 5) is 9.74. The minimum atomic E-state index is -4.10. The highest BCUT2D eigenvalue weighted by Gasteiger charge is 2.28. The number of hydrogen-bond donors (Lipinski definition) is 2. The number of nitro benzene ring substituents is 1. The van der Waals surface area contributed by atoms with Gasteiger partial charge in [0.2, 0.25) is 0 Å². The second-order valence-corrected chi connectivity index (χ2v) is 6.96.